The van der Waals surface area contributed by atoms with E-state index >= 15 is 0 Å². The number of piperazine rings is 1. The number of benzene rings is 1. The Bertz CT molecular complexity index is 1110. The highest BCUT2D eigenvalue weighted by molar-refractivity contribution is 5.85. The van der Waals surface area contributed by atoms with Crippen molar-refractivity contribution in [3.8, 4) is 11.1 Å². The molecular formula is C21H23ClN8. The highest BCUT2D eigenvalue weighted by atomic mass is 35.5. The Morgan fingerprint density at radius 1 is 1.00 bits per heavy atom. The Hall–Kier alpha value is -3.07. The first-order chi connectivity index (χ1) is 14.3. The molecule has 0 unspecified atom stereocenters. The van der Waals surface area contributed by atoms with Gasteiger partial charge in [-0.1, -0.05) is 6.07 Å². The molecule has 1 aliphatic heterocycles. The summed E-state index contributed by atoms with van der Waals surface area (Å²) in [5.74, 6) is 1.46. The van der Waals surface area contributed by atoms with Gasteiger partial charge in [0.2, 0.25) is 5.95 Å². The molecular weight excluding hydrogens is 400 g/mol. The zero-order valence-corrected chi connectivity index (χ0v) is 17.2. The minimum Gasteiger partial charge on any atom is -0.324 e. The normalized spacial score (nSPS) is 14.4. The van der Waals surface area contributed by atoms with Gasteiger partial charge in [0.15, 0.2) is 0 Å². The lowest BCUT2D eigenvalue weighted by Crippen LogP contribution is -2.42. The predicted octanol–water partition coefficient (Wildman–Crippen LogP) is 2.99. The second-order valence-electron chi connectivity index (χ2n) is 7.14. The number of aromatic amines is 1. The monoisotopic (exact) mass is 422 g/mol. The molecule has 154 valence electrons. The average Bonchev–Trinajstić information content (AvgIpc) is 3.17. The van der Waals surface area contributed by atoms with E-state index in [2.05, 4.69) is 58.7 Å². The number of rotatable bonds is 5. The van der Waals surface area contributed by atoms with E-state index in [4.69, 9.17) is 0 Å². The smallest absolute Gasteiger partial charge is 0.206 e. The quantitative estimate of drug-likeness (QED) is 0.455. The summed E-state index contributed by atoms with van der Waals surface area (Å²) in [5.41, 5.74) is 5.10. The molecule has 8 nitrogen and oxygen atoms in total. The van der Waals surface area contributed by atoms with Crippen LogP contribution in [0.25, 0.3) is 22.2 Å². The van der Waals surface area contributed by atoms with Gasteiger partial charge in [-0.2, -0.15) is 0 Å². The Labute approximate surface area is 180 Å². The van der Waals surface area contributed by atoms with Gasteiger partial charge in [0, 0.05) is 56.9 Å². The fourth-order valence-corrected chi connectivity index (χ4v) is 3.59. The van der Waals surface area contributed by atoms with Crippen LogP contribution in [0.4, 0.5) is 11.8 Å². The SMILES string of the molecule is Cl.c1ncc(-c2ccc3nc(Nc4cc(CN5CCNCC5)ccn4)[nH]c3c2)cn1. The van der Waals surface area contributed by atoms with E-state index in [1.807, 2.05) is 18.3 Å². The van der Waals surface area contributed by atoms with Crippen molar-refractivity contribution >= 4 is 35.2 Å². The Morgan fingerprint density at radius 3 is 2.67 bits per heavy atom. The lowest BCUT2D eigenvalue weighted by Gasteiger charge is -2.27. The van der Waals surface area contributed by atoms with Gasteiger partial charge in [-0.05, 0) is 35.4 Å². The van der Waals surface area contributed by atoms with E-state index in [0.29, 0.717) is 5.95 Å². The first-order valence-electron chi connectivity index (χ1n) is 9.74. The molecule has 0 spiro atoms. The maximum absolute atomic E-state index is 4.63. The third kappa shape index (κ3) is 4.56. The highest BCUT2D eigenvalue weighted by Gasteiger charge is 2.11. The van der Waals surface area contributed by atoms with E-state index in [-0.39, 0.29) is 12.4 Å². The molecule has 0 amide bonds. The number of pyridine rings is 1. The number of anilines is 2. The molecule has 1 aromatic carbocycles. The first kappa shape index (κ1) is 20.2. The molecule has 0 radical (unpaired) electrons. The Kier molecular flexibility index (Phi) is 6.18. The molecule has 1 aliphatic rings. The van der Waals surface area contributed by atoms with Gasteiger partial charge < -0.3 is 15.6 Å². The first-order valence-corrected chi connectivity index (χ1v) is 9.74. The van der Waals surface area contributed by atoms with Crippen molar-refractivity contribution in [3.63, 3.8) is 0 Å². The lowest BCUT2D eigenvalue weighted by atomic mass is 10.1. The van der Waals surface area contributed by atoms with Crippen LogP contribution in [0.2, 0.25) is 0 Å². The van der Waals surface area contributed by atoms with Crippen LogP contribution in [0.15, 0.2) is 55.2 Å². The van der Waals surface area contributed by atoms with Gasteiger partial charge in [-0.25, -0.2) is 19.9 Å². The van der Waals surface area contributed by atoms with E-state index in [0.717, 1.165) is 60.7 Å². The zero-order chi connectivity index (χ0) is 19.5. The van der Waals surface area contributed by atoms with Gasteiger partial charge in [0.25, 0.3) is 0 Å². The molecule has 3 aromatic heterocycles. The van der Waals surface area contributed by atoms with Crippen LogP contribution in [0, 0.1) is 0 Å². The third-order valence-corrected chi connectivity index (χ3v) is 5.06. The van der Waals surface area contributed by atoms with Gasteiger partial charge in [0.1, 0.15) is 12.1 Å². The van der Waals surface area contributed by atoms with E-state index in [1.54, 1.807) is 12.4 Å². The summed E-state index contributed by atoms with van der Waals surface area (Å²) in [6.07, 6.45) is 6.98. The van der Waals surface area contributed by atoms with Gasteiger partial charge >= 0.3 is 0 Å². The van der Waals surface area contributed by atoms with Crippen LogP contribution in [-0.4, -0.2) is 56.0 Å². The van der Waals surface area contributed by atoms with E-state index < -0.39 is 0 Å². The van der Waals surface area contributed by atoms with E-state index in [1.165, 1.54) is 11.9 Å². The zero-order valence-electron chi connectivity index (χ0n) is 16.4. The fraction of sp³-hybridized carbons (Fsp3) is 0.238. The predicted molar refractivity (Wildman–Crippen MR) is 120 cm³/mol. The third-order valence-electron chi connectivity index (χ3n) is 5.06. The summed E-state index contributed by atoms with van der Waals surface area (Å²) in [4.78, 5) is 23.0. The molecule has 5 rings (SSSR count). The van der Waals surface area contributed by atoms with Crippen LogP contribution >= 0.6 is 12.4 Å². The number of nitrogens with zero attached hydrogens (tertiary/aromatic N) is 5. The number of hydrogen-bond donors (Lipinski definition) is 3. The van der Waals surface area contributed by atoms with Crippen molar-refractivity contribution in [1.29, 1.82) is 0 Å². The van der Waals surface area contributed by atoms with Crippen LogP contribution in [-0.2, 0) is 6.54 Å². The van der Waals surface area contributed by atoms with Crippen molar-refractivity contribution in [1.82, 2.24) is 35.1 Å². The highest BCUT2D eigenvalue weighted by Crippen LogP contribution is 2.24. The second kappa shape index (κ2) is 9.17. The summed E-state index contributed by atoms with van der Waals surface area (Å²) >= 11 is 0. The second-order valence-corrected chi connectivity index (χ2v) is 7.14. The molecule has 4 heterocycles. The molecule has 1 fully saturated rings. The topological polar surface area (TPSA) is 94.6 Å². The summed E-state index contributed by atoms with van der Waals surface area (Å²) in [6, 6.07) is 10.2. The van der Waals surface area contributed by atoms with Crippen LogP contribution < -0.4 is 10.6 Å². The van der Waals surface area contributed by atoms with Crippen LogP contribution in [0.5, 0.6) is 0 Å². The van der Waals surface area contributed by atoms with Gasteiger partial charge in [-0.3, -0.25) is 4.90 Å². The molecule has 0 saturated carbocycles. The maximum Gasteiger partial charge on any atom is 0.206 e. The largest absolute Gasteiger partial charge is 0.324 e. The average molecular weight is 423 g/mol. The Morgan fingerprint density at radius 2 is 1.83 bits per heavy atom. The number of aromatic nitrogens is 5. The standard InChI is InChI=1S/C21H22N8.ClH/c1-2-18-19(10-16(1)17-11-23-14-24-12-17)27-21(26-18)28-20-9-15(3-4-25-20)13-29-7-5-22-6-8-29;/h1-4,9-12,14,22H,5-8,13H2,(H2,25,26,27,28);1H. The van der Waals surface area contributed by atoms with Gasteiger partial charge in [0.05, 0.1) is 11.0 Å². The van der Waals surface area contributed by atoms with Crippen molar-refractivity contribution < 1.29 is 0 Å². The molecule has 1 saturated heterocycles. The number of imidazole rings is 1. The molecule has 3 N–H and O–H groups in total. The molecule has 9 heteroatoms. The number of nitrogens with one attached hydrogen (secondary N) is 3. The number of H-pyrrole nitrogens is 1. The molecule has 0 atom stereocenters. The minimum absolute atomic E-state index is 0. The maximum atomic E-state index is 4.63. The Balaban J connectivity index is 0.00000218. The molecule has 30 heavy (non-hydrogen) atoms. The number of hydrogen-bond acceptors (Lipinski definition) is 7. The number of halogens is 1. The molecule has 0 bridgehead atoms. The molecule has 0 aliphatic carbocycles. The minimum atomic E-state index is 0. The number of fused-ring (bicyclic) bond motifs is 1. The van der Waals surface area contributed by atoms with Crippen molar-refractivity contribution in [2.45, 2.75) is 6.54 Å². The lowest BCUT2D eigenvalue weighted by molar-refractivity contribution is 0.233. The van der Waals surface area contributed by atoms with Crippen LogP contribution in [0.3, 0.4) is 0 Å². The van der Waals surface area contributed by atoms with Crippen molar-refractivity contribution in [3.05, 3.63) is 60.8 Å². The van der Waals surface area contributed by atoms with E-state index in [9.17, 15) is 0 Å². The fourth-order valence-electron chi connectivity index (χ4n) is 3.59. The van der Waals surface area contributed by atoms with Crippen LogP contribution in [0.1, 0.15) is 5.56 Å². The molecule has 4 aromatic rings. The summed E-state index contributed by atoms with van der Waals surface area (Å²) in [7, 11) is 0. The van der Waals surface area contributed by atoms with Crippen molar-refractivity contribution in [2.24, 2.45) is 0 Å². The summed E-state index contributed by atoms with van der Waals surface area (Å²) in [6.45, 7) is 5.17. The van der Waals surface area contributed by atoms with Gasteiger partial charge in [-0.15, -0.1) is 12.4 Å². The van der Waals surface area contributed by atoms with Crippen molar-refractivity contribution in [2.75, 3.05) is 31.5 Å². The summed E-state index contributed by atoms with van der Waals surface area (Å²) in [5, 5.41) is 6.68. The summed E-state index contributed by atoms with van der Waals surface area (Å²) < 4.78 is 0.